The van der Waals surface area contributed by atoms with E-state index in [1.54, 1.807) is 0 Å². The number of hydrogen-bond donors (Lipinski definition) is 2. The summed E-state index contributed by atoms with van der Waals surface area (Å²) in [6, 6.07) is 3.96. The van der Waals surface area contributed by atoms with Gasteiger partial charge >= 0.3 is 0 Å². The van der Waals surface area contributed by atoms with Gasteiger partial charge in [0, 0.05) is 24.7 Å². The molecule has 1 aromatic rings. The molecule has 0 saturated carbocycles. The van der Waals surface area contributed by atoms with Gasteiger partial charge in [-0.15, -0.1) is 0 Å². The minimum absolute atomic E-state index is 0.130. The summed E-state index contributed by atoms with van der Waals surface area (Å²) in [5, 5.41) is 5.65. The van der Waals surface area contributed by atoms with Crippen LogP contribution in [0, 0.1) is 20.8 Å². The Hall–Kier alpha value is -2.10. The van der Waals surface area contributed by atoms with Crippen LogP contribution in [0.2, 0.25) is 0 Å². The zero-order valence-corrected chi connectivity index (χ0v) is 11.5. The predicted octanol–water partition coefficient (Wildman–Crippen LogP) is 1.40. The molecule has 1 heterocycles. The van der Waals surface area contributed by atoms with Gasteiger partial charge in [-0.3, -0.25) is 9.59 Å². The van der Waals surface area contributed by atoms with E-state index in [0.29, 0.717) is 24.4 Å². The van der Waals surface area contributed by atoms with Crippen LogP contribution < -0.4 is 10.6 Å². The lowest BCUT2D eigenvalue weighted by atomic mass is 9.96. The molecule has 4 heteroatoms. The summed E-state index contributed by atoms with van der Waals surface area (Å²) < 4.78 is 0. The molecule has 0 bridgehead atoms. The minimum Gasteiger partial charge on any atom is -0.379 e. The largest absolute Gasteiger partial charge is 0.379 e. The Balaban J connectivity index is 2.35. The van der Waals surface area contributed by atoms with Gasteiger partial charge in [0.2, 0.25) is 0 Å². The van der Waals surface area contributed by atoms with Gasteiger partial charge < -0.3 is 10.6 Å². The van der Waals surface area contributed by atoms with Crippen LogP contribution >= 0.6 is 0 Å². The SMILES string of the molecule is Cc1cc(C)c(C(=O)/C=C2/NCCNC2=O)c(C)c1. The number of allylic oxidation sites excluding steroid dienone is 1. The first-order chi connectivity index (χ1) is 8.99. The van der Waals surface area contributed by atoms with Crippen molar-refractivity contribution in [3.8, 4) is 0 Å². The molecule has 100 valence electrons. The molecule has 0 aromatic heterocycles. The molecular weight excluding hydrogens is 240 g/mol. The molecule has 0 aliphatic carbocycles. The summed E-state index contributed by atoms with van der Waals surface area (Å²) in [7, 11) is 0. The summed E-state index contributed by atoms with van der Waals surface area (Å²) >= 11 is 0. The van der Waals surface area contributed by atoms with Crippen molar-refractivity contribution in [1.29, 1.82) is 0 Å². The van der Waals surface area contributed by atoms with E-state index in [2.05, 4.69) is 10.6 Å². The van der Waals surface area contributed by atoms with Crippen LogP contribution in [0.25, 0.3) is 0 Å². The highest BCUT2D eigenvalue weighted by atomic mass is 16.2. The fraction of sp³-hybridized carbons (Fsp3) is 0.333. The van der Waals surface area contributed by atoms with Crippen molar-refractivity contribution in [1.82, 2.24) is 10.6 Å². The summed E-state index contributed by atoms with van der Waals surface area (Å²) in [5.74, 6) is -0.350. The number of hydrogen-bond acceptors (Lipinski definition) is 3. The Morgan fingerprint density at radius 2 is 1.68 bits per heavy atom. The van der Waals surface area contributed by atoms with Crippen LogP contribution in [0.1, 0.15) is 27.0 Å². The van der Waals surface area contributed by atoms with Gasteiger partial charge in [-0.2, -0.15) is 0 Å². The van der Waals surface area contributed by atoms with Crippen molar-refractivity contribution in [2.24, 2.45) is 0 Å². The second-order valence-electron chi connectivity index (χ2n) is 4.88. The van der Waals surface area contributed by atoms with E-state index in [1.807, 2.05) is 32.9 Å². The number of rotatable bonds is 2. The number of carbonyl (C=O) groups excluding carboxylic acids is 2. The first-order valence-electron chi connectivity index (χ1n) is 6.35. The molecule has 0 atom stereocenters. The number of nitrogens with one attached hydrogen (secondary N) is 2. The molecule has 0 unspecified atom stereocenters. The summed E-state index contributed by atoms with van der Waals surface area (Å²) in [6.45, 7) is 7.08. The number of piperazine rings is 1. The minimum atomic E-state index is -0.220. The first-order valence-corrected chi connectivity index (χ1v) is 6.35. The molecule has 19 heavy (non-hydrogen) atoms. The fourth-order valence-electron chi connectivity index (χ4n) is 2.44. The topological polar surface area (TPSA) is 58.2 Å². The molecule has 1 aliphatic heterocycles. The van der Waals surface area contributed by atoms with Gasteiger partial charge in [-0.25, -0.2) is 0 Å². The summed E-state index contributed by atoms with van der Waals surface area (Å²) in [5.41, 5.74) is 4.03. The van der Waals surface area contributed by atoms with Gasteiger partial charge in [0.15, 0.2) is 5.78 Å². The van der Waals surface area contributed by atoms with E-state index in [9.17, 15) is 9.59 Å². The third-order valence-corrected chi connectivity index (χ3v) is 3.17. The molecule has 1 fully saturated rings. The molecule has 1 saturated heterocycles. The van der Waals surface area contributed by atoms with Crippen molar-refractivity contribution in [2.45, 2.75) is 20.8 Å². The highest BCUT2D eigenvalue weighted by molar-refractivity contribution is 6.11. The van der Waals surface area contributed by atoms with Crippen LogP contribution in [0.15, 0.2) is 23.9 Å². The standard InChI is InChI=1S/C15H18N2O2/c1-9-6-10(2)14(11(3)7-9)13(18)8-12-15(19)17-5-4-16-12/h6-8,16H,4-5H2,1-3H3,(H,17,19)/b12-8+. The number of carbonyl (C=O) groups is 2. The molecule has 2 N–H and O–H groups in total. The zero-order valence-electron chi connectivity index (χ0n) is 11.5. The Morgan fingerprint density at radius 1 is 1.11 bits per heavy atom. The quantitative estimate of drug-likeness (QED) is 0.622. The number of ketones is 1. The highest BCUT2D eigenvalue weighted by Gasteiger charge is 2.17. The lowest BCUT2D eigenvalue weighted by Crippen LogP contribution is -2.43. The summed E-state index contributed by atoms with van der Waals surface area (Å²) in [6.07, 6.45) is 1.39. The molecule has 1 aliphatic rings. The Morgan fingerprint density at radius 3 is 2.26 bits per heavy atom. The molecule has 0 radical (unpaired) electrons. The van der Waals surface area contributed by atoms with E-state index < -0.39 is 0 Å². The number of amides is 1. The van der Waals surface area contributed by atoms with Gasteiger partial charge in [-0.1, -0.05) is 17.7 Å². The van der Waals surface area contributed by atoms with Crippen molar-refractivity contribution >= 4 is 11.7 Å². The van der Waals surface area contributed by atoms with E-state index >= 15 is 0 Å². The van der Waals surface area contributed by atoms with Gasteiger partial charge in [0.25, 0.3) is 5.91 Å². The van der Waals surface area contributed by atoms with E-state index in [-0.39, 0.29) is 11.7 Å². The average Bonchev–Trinajstić information content (AvgIpc) is 2.30. The van der Waals surface area contributed by atoms with Crippen LogP contribution in [-0.4, -0.2) is 24.8 Å². The summed E-state index contributed by atoms with van der Waals surface area (Å²) in [4.78, 5) is 23.9. The van der Waals surface area contributed by atoms with Gasteiger partial charge in [0.05, 0.1) is 0 Å². The van der Waals surface area contributed by atoms with Gasteiger partial charge in [0.1, 0.15) is 5.70 Å². The predicted molar refractivity (Wildman–Crippen MR) is 74.1 cm³/mol. The Labute approximate surface area is 112 Å². The van der Waals surface area contributed by atoms with Crippen molar-refractivity contribution in [2.75, 3.05) is 13.1 Å². The van der Waals surface area contributed by atoms with Crippen molar-refractivity contribution in [3.63, 3.8) is 0 Å². The maximum Gasteiger partial charge on any atom is 0.267 e. The molecule has 4 nitrogen and oxygen atoms in total. The number of aryl methyl sites for hydroxylation is 3. The van der Waals surface area contributed by atoms with Crippen molar-refractivity contribution < 1.29 is 9.59 Å². The van der Waals surface area contributed by atoms with Crippen LogP contribution in [0.4, 0.5) is 0 Å². The normalized spacial score (nSPS) is 17.0. The van der Waals surface area contributed by atoms with E-state index in [4.69, 9.17) is 0 Å². The van der Waals surface area contributed by atoms with E-state index in [1.165, 1.54) is 6.08 Å². The monoisotopic (exact) mass is 258 g/mol. The second-order valence-corrected chi connectivity index (χ2v) is 4.88. The van der Waals surface area contributed by atoms with Crippen LogP contribution in [-0.2, 0) is 4.79 Å². The first kappa shape index (κ1) is 13.3. The maximum atomic E-state index is 12.3. The molecule has 1 aromatic carbocycles. The third-order valence-electron chi connectivity index (χ3n) is 3.17. The number of benzene rings is 1. The average molecular weight is 258 g/mol. The lowest BCUT2D eigenvalue weighted by Gasteiger charge is -2.17. The molecular formula is C15H18N2O2. The second kappa shape index (κ2) is 5.26. The van der Waals surface area contributed by atoms with Crippen molar-refractivity contribution in [3.05, 3.63) is 46.2 Å². The maximum absolute atomic E-state index is 12.3. The van der Waals surface area contributed by atoms with E-state index in [0.717, 1.165) is 16.7 Å². The third kappa shape index (κ3) is 2.84. The Kier molecular flexibility index (Phi) is 3.69. The smallest absolute Gasteiger partial charge is 0.267 e. The molecule has 1 amide bonds. The van der Waals surface area contributed by atoms with Crippen LogP contribution in [0.5, 0.6) is 0 Å². The zero-order chi connectivity index (χ0) is 14.0. The van der Waals surface area contributed by atoms with Crippen LogP contribution in [0.3, 0.4) is 0 Å². The highest BCUT2D eigenvalue weighted by Crippen LogP contribution is 2.18. The Bertz CT molecular complexity index is 551. The molecule has 0 spiro atoms. The fourth-order valence-corrected chi connectivity index (χ4v) is 2.44. The molecule has 2 rings (SSSR count). The van der Waals surface area contributed by atoms with Gasteiger partial charge in [-0.05, 0) is 31.9 Å². The lowest BCUT2D eigenvalue weighted by molar-refractivity contribution is -0.118.